The summed E-state index contributed by atoms with van der Waals surface area (Å²) < 4.78 is 57.0. The largest absolute Gasteiger partial charge is 0.496 e. The van der Waals surface area contributed by atoms with Crippen LogP contribution in [0.4, 0.5) is 13.2 Å². The molecule has 0 saturated carbocycles. The maximum absolute atomic E-state index is 13.9. The fourth-order valence-electron chi connectivity index (χ4n) is 5.85. The lowest BCUT2D eigenvalue weighted by Crippen LogP contribution is -2.52. The molecule has 2 aliphatic rings. The van der Waals surface area contributed by atoms with Gasteiger partial charge in [0.2, 0.25) is 0 Å². The molecule has 2 aromatic rings. The molecule has 2 aliphatic heterocycles. The number of methoxy groups -OCH3 is 1. The number of nitrogens with one attached hydrogen (secondary N) is 1. The van der Waals surface area contributed by atoms with Crippen LogP contribution in [-0.4, -0.2) is 67.0 Å². The van der Waals surface area contributed by atoms with Crippen molar-refractivity contribution in [2.45, 2.75) is 57.7 Å². The molecule has 8 nitrogen and oxygen atoms in total. The second kappa shape index (κ2) is 11.8. The highest BCUT2D eigenvalue weighted by atomic mass is 19.4. The number of hydrogen-bond donors (Lipinski definition) is 2. The zero-order valence-electron chi connectivity index (χ0n) is 22.9. The number of alkyl halides is 3. The number of halogens is 3. The first-order valence-electron chi connectivity index (χ1n) is 13.1. The number of carboxylic acid groups (broad SMARTS) is 1. The van der Waals surface area contributed by atoms with Gasteiger partial charge in [0.15, 0.2) is 6.10 Å². The molecule has 0 spiro atoms. The summed E-state index contributed by atoms with van der Waals surface area (Å²) in [5.74, 6) is -2.04. The van der Waals surface area contributed by atoms with E-state index >= 15 is 0 Å². The molecule has 2 heterocycles. The monoisotopic (exact) mass is 564 g/mol. The summed E-state index contributed by atoms with van der Waals surface area (Å²) in [6, 6.07) is 9.65. The number of carbonyl (C=O) groups excluding carboxylic acids is 1. The van der Waals surface area contributed by atoms with Gasteiger partial charge in [0.05, 0.1) is 38.5 Å². The molecule has 2 fully saturated rings. The number of hydrogen-bond acceptors (Lipinski definition) is 6. The molecule has 0 bridgehead atoms. The predicted molar refractivity (Wildman–Crippen MR) is 140 cm³/mol. The summed E-state index contributed by atoms with van der Waals surface area (Å²) in [6.07, 6.45) is -5.51. The molecular formula is C29H35F3N2O6. The molecule has 5 unspecified atom stereocenters. The number of rotatable bonds is 7. The fourth-order valence-corrected chi connectivity index (χ4v) is 5.85. The van der Waals surface area contributed by atoms with Crippen LogP contribution in [0.2, 0.25) is 0 Å². The molecular weight excluding hydrogens is 529 g/mol. The van der Waals surface area contributed by atoms with Gasteiger partial charge in [-0.25, -0.2) is 4.79 Å². The normalized spacial score (nSPS) is 25.6. The third-order valence-corrected chi connectivity index (χ3v) is 7.54. The van der Waals surface area contributed by atoms with E-state index < -0.39 is 59.2 Å². The van der Waals surface area contributed by atoms with E-state index in [0.29, 0.717) is 12.2 Å². The van der Waals surface area contributed by atoms with Gasteiger partial charge in [0.25, 0.3) is 5.91 Å². The Morgan fingerprint density at radius 3 is 2.35 bits per heavy atom. The Morgan fingerprint density at radius 2 is 1.80 bits per heavy atom. The van der Waals surface area contributed by atoms with Gasteiger partial charge in [-0.15, -0.1) is 0 Å². The van der Waals surface area contributed by atoms with E-state index in [4.69, 9.17) is 14.2 Å². The van der Waals surface area contributed by atoms with Crippen LogP contribution >= 0.6 is 0 Å². The number of nitrogens with zero attached hydrogens (tertiary/aromatic N) is 1. The topological polar surface area (TPSA) is 97.3 Å². The molecule has 11 heteroatoms. The minimum absolute atomic E-state index is 0.00287. The Bertz CT molecular complexity index is 1190. The molecule has 0 aromatic heterocycles. The van der Waals surface area contributed by atoms with Crippen LogP contribution in [0.15, 0.2) is 48.5 Å². The van der Waals surface area contributed by atoms with Gasteiger partial charge in [-0.1, -0.05) is 51.1 Å². The van der Waals surface area contributed by atoms with Crippen molar-refractivity contribution in [3.05, 3.63) is 65.2 Å². The lowest BCUT2D eigenvalue weighted by Gasteiger charge is -2.36. The second-order valence-electron chi connectivity index (χ2n) is 11.1. The molecule has 2 N–H and O–H groups in total. The first kappa shape index (κ1) is 29.8. The third kappa shape index (κ3) is 6.11. The van der Waals surface area contributed by atoms with E-state index in [0.717, 1.165) is 12.1 Å². The number of aliphatic carboxylic acids is 1. The van der Waals surface area contributed by atoms with E-state index in [1.54, 1.807) is 12.1 Å². The molecule has 0 aliphatic carbocycles. The van der Waals surface area contributed by atoms with E-state index in [9.17, 15) is 27.9 Å². The highest BCUT2D eigenvalue weighted by molar-refractivity contribution is 5.88. The minimum atomic E-state index is -4.55. The van der Waals surface area contributed by atoms with Gasteiger partial charge < -0.3 is 29.5 Å². The van der Waals surface area contributed by atoms with E-state index in [-0.39, 0.29) is 31.1 Å². The van der Waals surface area contributed by atoms with Crippen LogP contribution in [0.1, 0.15) is 43.5 Å². The SMILES string of the molecule is COc1ccc(C(F)(F)F)cc1CNC1C(c2ccccc2)N(C(=O)C2COCCO2)C(C(=O)O)C1C(C)(C)C. The summed E-state index contributed by atoms with van der Waals surface area (Å²) in [7, 11) is 1.37. The maximum Gasteiger partial charge on any atom is 0.416 e. The van der Waals surface area contributed by atoms with Crippen LogP contribution in [0.5, 0.6) is 5.75 Å². The van der Waals surface area contributed by atoms with Crippen molar-refractivity contribution in [2.75, 3.05) is 26.9 Å². The first-order valence-corrected chi connectivity index (χ1v) is 13.1. The average Bonchev–Trinajstić information content (AvgIpc) is 3.28. The van der Waals surface area contributed by atoms with Gasteiger partial charge in [0, 0.05) is 24.1 Å². The number of benzene rings is 2. The van der Waals surface area contributed by atoms with E-state index in [1.807, 2.05) is 39.0 Å². The highest BCUT2D eigenvalue weighted by Gasteiger charge is 2.58. The Hall–Kier alpha value is -3.15. The molecule has 4 rings (SSSR count). The van der Waals surface area contributed by atoms with Crippen LogP contribution in [0.3, 0.4) is 0 Å². The molecule has 0 radical (unpaired) electrons. The number of amides is 1. The summed E-state index contributed by atoms with van der Waals surface area (Å²) in [5, 5.41) is 13.9. The molecule has 40 heavy (non-hydrogen) atoms. The highest BCUT2D eigenvalue weighted by Crippen LogP contribution is 2.48. The summed E-state index contributed by atoms with van der Waals surface area (Å²) in [4.78, 5) is 28.2. The zero-order chi connectivity index (χ0) is 29.2. The van der Waals surface area contributed by atoms with Crippen LogP contribution in [-0.2, 0) is 31.8 Å². The van der Waals surface area contributed by atoms with Crippen molar-refractivity contribution in [1.29, 1.82) is 0 Å². The van der Waals surface area contributed by atoms with Crippen LogP contribution in [0.25, 0.3) is 0 Å². The van der Waals surface area contributed by atoms with Gasteiger partial charge in [-0.3, -0.25) is 4.79 Å². The minimum Gasteiger partial charge on any atom is -0.496 e. The fraction of sp³-hybridized carbons (Fsp3) is 0.517. The van der Waals surface area contributed by atoms with Crippen molar-refractivity contribution in [3.63, 3.8) is 0 Å². The van der Waals surface area contributed by atoms with E-state index in [1.165, 1.54) is 18.1 Å². The lowest BCUT2D eigenvalue weighted by atomic mass is 9.72. The number of likely N-dealkylation sites (tertiary alicyclic amines) is 1. The molecule has 1 amide bonds. The lowest BCUT2D eigenvalue weighted by molar-refractivity contribution is -0.167. The molecule has 2 aromatic carbocycles. The van der Waals surface area contributed by atoms with E-state index in [2.05, 4.69) is 5.32 Å². The maximum atomic E-state index is 13.9. The molecule has 218 valence electrons. The van der Waals surface area contributed by atoms with Gasteiger partial charge in [0.1, 0.15) is 11.8 Å². The van der Waals surface area contributed by atoms with Gasteiger partial charge in [-0.2, -0.15) is 13.2 Å². The Kier molecular flexibility index (Phi) is 8.77. The Labute approximate surface area is 231 Å². The van der Waals surface area contributed by atoms with Crippen molar-refractivity contribution in [2.24, 2.45) is 11.3 Å². The number of ether oxygens (including phenoxy) is 3. The molecule has 2 saturated heterocycles. The summed E-state index contributed by atoms with van der Waals surface area (Å²) in [6.45, 7) is 6.17. The number of carbonyl (C=O) groups is 2. The summed E-state index contributed by atoms with van der Waals surface area (Å²) in [5.41, 5.74) is -0.486. The molecule has 5 atom stereocenters. The second-order valence-corrected chi connectivity index (χ2v) is 11.1. The average molecular weight is 565 g/mol. The standard InChI is InChI=1S/C29H35F3N2O6/c1-28(2,3)22-23(33-15-18-14-19(29(30,31)32)10-11-20(18)38-4)24(17-8-6-5-7-9-17)34(25(22)27(36)37)26(35)21-16-39-12-13-40-21/h5-11,14,21-25,33H,12-13,15-16H2,1-4H3,(H,36,37). The summed E-state index contributed by atoms with van der Waals surface area (Å²) >= 11 is 0. The third-order valence-electron chi connectivity index (χ3n) is 7.54. The van der Waals surface area contributed by atoms with Crippen molar-refractivity contribution >= 4 is 11.9 Å². The smallest absolute Gasteiger partial charge is 0.416 e. The van der Waals surface area contributed by atoms with Gasteiger partial charge in [-0.05, 0) is 29.2 Å². The first-order chi connectivity index (χ1) is 18.8. The zero-order valence-corrected chi connectivity index (χ0v) is 22.9. The quantitative estimate of drug-likeness (QED) is 0.518. The van der Waals surface area contributed by atoms with Gasteiger partial charge >= 0.3 is 12.1 Å². The van der Waals surface area contributed by atoms with Crippen LogP contribution < -0.4 is 10.1 Å². The van der Waals surface area contributed by atoms with Crippen molar-refractivity contribution < 1.29 is 42.1 Å². The Morgan fingerprint density at radius 1 is 1.10 bits per heavy atom. The van der Waals surface area contributed by atoms with Crippen molar-refractivity contribution in [1.82, 2.24) is 10.2 Å². The van der Waals surface area contributed by atoms with Crippen LogP contribution in [0, 0.1) is 11.3 Å². The predicted octanol–water partition coefficient (Wildman–Crippen LogP) is 4.29. The number of carboxylic acids is 1. The van der Waals surface area contributed by atoms with Crippen molar-refractivity contribution in [3.8, 4) is 5.75 Å². The Balaban J connectivity index is 1.81.